The lowest BCUT2D eigenvalue weighted by Gasteiger charge is -2.16. The molecule has 4 nitrogen and oxygen atoms in total. The predicted octanol–water partition coefficient (Wildman–Crippen LogP) is 3.04. The summed E-state index contributed by atoms with van der Waals surface area (Å²) in [4.78, 5) is 23.8. The monoisotopic (exact) mass is 308 g/mol. The van der Waals surface area contributed by atoms with Gasteiger partial charge in [-0.1, -0.05) is 60.7 Å². The van der Waals surface area contributed by atoms with E-state index in [1.54, 1.807) is 6.08 Å². The summed E-state index contributed by atoms with van der Waals surface area (Å²) >= 11 is 0. The van der Waals surface area contributed by atoms with Gasteiger partial charge in [-0.2, -0.15) is 0 Å². The molecule has 23 heavy (non-hydrogen) atoms. The molecule has 0 bridgehead atoms. The minimum Gasteiger partial charge on any atom is -0.344 e. The first-order valence-corrected chi connectivity index (χ1v) is 7.46. The zero-order valence-electron chi connectivity index (χ0n) is 13.2. The molecule has 4 heteroatoms. The first-order valence-electron chi connectivity index (χ1n) is 7.46. The Morgan fingerprint density at radius 2 is 1.52 bits per heavy atom. The standard InChI is InChI=1S/C19H20N2O2/c1-14(17-11-7-4-8-12-17)20-19(23)18(21-15(2)22)13-16-9-5-3-6-10-16/h3-14H,1-2H3,(H,20,23)(H,21,22)/b18-13-/t14-/m0/s1. The molecule has 2 aromatic carbocycles. The van der Waals surface area contributed by atoms with E-state index in [1.807, 2.05) is 67.6 Å². The molecule has 2 aromatic rings. The molecule has 118 valence electrons. The van der Waals surface area contributed by atoms with E-state index in [1.165, 1.54) is 6.92 Å². The topological polar surface area (TPSA) is 58.2 Å². The van der Waals surface area contributed by atoms with E-state index in [0.717, 1.165) is 11.1 Å². The SMILES string of the molecule is CC(=O)N/C(=C\c1ccccc1)C(=O)N[C@@H](C)c1ccccc1. The maximum absolute atomic E-state index is 12.5. The molecule has 0 aliphatic carbocycles. The number of nitrogens with one attached hydrogen (secondary N) is 2. The number of carbonyl (C=O) groups is 2. The largest absolute Gasteiger partial charge is 0.344 e. The molecule has 1 atom stereocenters. The van der Waals surface area contributed by atoms with Crippen molar-refractivity contribution in [3.8, 4) is 0 Å². The third kappa shape index (κ3) is 5.11. The fourth-order valence-electron chi connectivity index (χ4n) is 2.16. The van der Waals surface area contributed by atoms with Crippen LogP contribution >= 0.6 is 0 Å². The van der Waals surface area contributed by atoms with Crippen molar-refractivity contribution in [1.29, 1.82) is 0 Å². The van der Waals surface area contributed by atoms with Crippen molar-refractivity contribution in [2.45, 2.75) is 19.9 Å². The van der Waals surface area contributed by atoms with E-state index in [-0.39, 0.29) is 23.6 Å². The molecule has 0 saturated carbocycles. The van der Waals surface area contributed by atoms with E-state index in [9.17, 15) is 9.59 Å². The average molecular weight is 308 g/mol. The van der Waals surface area contributed by atoms with Crippen molar-refractivity contribution in [2.75, 3.05) is 0 Å². The van der Waals surface area contributed by atoms with Gasteiger partial charge in [0.2, 0.25) is 5.91 Å². The number of hydrogen-bond acceptors (Lipinski definition) is 2. The number of hydrogen-bond donors (Lipinski definition) is 2. The van der Waals surface area contributed by atoms with Gasteiger partial charge in [0.05, 0.1) is 6.04 Å². The summed E-state index contributed by atoms with van der Waals surface area (Å²) in [6.45, 7) is 3.29. The molecule has 0 aliphatic heterocycles. The second-order valence-corrected chi connectivity index (χ2v) is 5.26. The van der Waals surface area contributed by atoms with E-state index in [0.29, 0.717) is 0 Å². The van der Waals surface area contributed by atoms with Gasteiger partial charge in [0.1, 0.15) is 5.70 Å². The Bertz CT molecular complexity index is 694. The Kier molecular flexibility index (Phi) is 5.69. The van der Waals surface area contributed by atoms with E-state index in [4.69, 9.17) is 0 Å². The Hall–Kier alpha value is -2.88. The summed E-state index contributed by atoms with van der Waals surface area (Å²) in [5.41, 5.74) is 2.08. The van der Waals surface area contributed by atoms with Crippen LogP contribution in [0, 0.1) is 0 Å². The molecule has 0 aromatic heterocycles. The van der Waals surface area contributed by atoms with Crippen molar-refractivity contribution in [2.24, 2.45) is 0 Å². The summed E-state index contributed by atoms with van der Waals surface area (Å²) in [6, 6.07) is 18.9. The van der Waals surface area contributed by atoms with Crippen LogP contribution in [0.2, 0.25) is 0 Å². The Morgan fingerprint density at radius 3 is 2.09 bits per heavy atom. The van der Waals surface area contributed by atoms with Crippen molar-refractivity contribution in [1.82, 2.24) is 10.6 Å². The highest BCUT2D eigenvalue weighted by Gasteiger charge is 2.14. The minimum atomic E-state index is -0.319. The van der Waals surface area contributed by atoms with Crippen LogP contribution in [0.15, 0.2) is 66.4 Å². The van der Waals surface area contributed by atoms with E-state index in [2.05, 4.69) is 10.6 Å². The second-order valence-electron chi connectivity index (χ2n) is 5.26. The molecule has 0 heterocycles. The highest BCUT2D eigenvalue weighted by atomic mass is 16.2. The van der Waals surface area contributed by atoms with Gasteiger partial charge in [-0.15, -0.1) is 0 Å². The first kappa shape index (κ1) is 16.5. The van der Waals surface area contributed by atoms with Crippen LogP contribution in [0.5, 0.6) is 0 Å². The van der Waals surface area contributed by atoms with E-state index < -0.39 is 0 Å². The minimum absolute atomic E-state index is 0.156. The molecular formula is C19H20N2O2. The number of benzene rings is 2. The zero-order valence-corrected chi connectivity index (χ0v) is 13.2. The van der Waals surface area contributed by atoms with Gasteiger partial charge in [-0.3, -0.25) is 9.59 Å². The van der Waals surface area contributed by atoms with Crippen LogP contribution in [0.3, 0.4) is 0 Å². The van der Waals surface area contributed by atoms with Crippen LogP contribution in [0.25, 0.3) is 6.08 Å². The maximum Gasteiger partial charge on any atom is 0.268 e. The molecule has 0 aliphatic rings. The van der Waals surface area contributed by atoms with Gasteiger partial charge in [0.15, 0.2) is 0 Å². The van der Waals surface area contributed by atoms with Crippen LogP contribution < -0.4 is 10.6 Å². The zero-order chi connectivity index (χ0) is 16.7. The van der Waals surface area contributed by atoms with Gasteiger partial charge in [-0.25, -0.2) is 0 Å². The molecule has 2 rings (SSSR count). The third-order valence-electron chi connectivity index (χ3n) is 3.31. The van der Waals surface area contributed by atoms with Crippen molar-refractivity contribution < 1.29 is 9.59 Å². The number of rotatable bonds is 5. The molecule has 2 amide bonds. The van der Waals surface area contributed by atoms with Gasteiger partial charge in [0, 0.05) is 6.92 Å². The van der Waals surface area contributed by atoms with Gasteiger partial charge in [-0.05, 0) is 24.1 Å². The highest BCUT2D eigenvalue weighted by molar-refractivity contribution is 6.01. The van der Waals surface area contributed by atoms with Gasteiger partial charge in [0.25, 0.3) is 5.91 Å². The summed E-state index contributed by atoms with van der Waals surface area (Å²) in [5, 5.41) is 5.50. The molecule has 2 N–H and O–H groups in total. The molecular weight excluding hydrogens is 288 g/mol. The third-order valence-corrected chi connectivity index (χ3v) is 3.31. The van der Waals surface area contributed by atoms with E-state index >= 15 is 0 Å². The summed E-state index contributed by atoms with van der Waals surface area (Å²) < 4.78 is 0. The maximum atomic E-state index is 12.5. The Labute approximate surface area is 136 Å². The van der Waals surface area contributed by atoms with Gasteiger partial charge >= 0.3 is 0 Å². The second kappa shape index (κ2) is 7.94. The lowest BCUT2D eigenvalue weighted by Crippen LogP contribution is -2.35. The molecule has 0 unspecified atom stereocenters. The molecule has 0 radical (unpaired) electrons. The molecule has 0 spiro atoms. The fraction of sp³-hybridized carbons (Fsp3) is 0.158. The van der Waals surface area contributed by atoms with Crippen LogP contribution in [-0.2, 0) is 9.59 Å². The van der Waals surface area contributed by atoms with Crippen molar-refractivity contribution in [3.05, 3.63) is 77.5 Å². The summed E-state index contributed by atoms with van der Waals surface area (Å²) in [7, 11) is 0. The lowest BCUT2D eigenvalue weighted by atomic mass is 10.1. The van der Waals surface area contributed by atoms with Crippen LogP contribution in [-0.4, -0.2) is 11.8 Å². The van der Waals surface area contributed by atoms with Crippen LogP contribution in [0.1, 0.15) is 31.0 Å². The summed E-state index contributed by atoms with van der Waals surface area (Å²) in [5.74, 6) is -0.602. The average Bonchev–Trinajstić information content (AvgIpc) is 2.55. The van der Waals surface area contributed by atoms with Crippen molar-refractivity contribution >= 4 is 17.9 Å². The normalized spacial score (nSPS) is 12.3. The Morgan fingerprint density at radius 1 is 0.957 bits per heavy atom. The number of amides is 2. The molecule has 0 saturated heterocycles. The van der Waals surface area contributed by atoms with Crippen LogP contribution in [0.4, 0.5) is 0 Å². The first-order chi connectivity index (χ1) is 11.1. The molecule has 0 fully saturated rings. The van der Waals surface area contributed by atoms with Gasteiger partial charge < -0.3 is 10.6 Å². The lowest BCUT2D eigenvalue weighted by molar-refractivity contribution is -0.122. The van der Waals surface area contributed by atoms with Crippen molar-refractivity contribution in [3.63, 3.8) is 0 Å². The number of carbonyl (C=O) groups excluding carboxylic acids is 2. The smallest absolute Gasteiger partial charge is 0.268 e. The Balaban J connectivity index is 2.17. The fourth-order valence-corrected chi connectivity index (χ4v) is 2.16. The summed E-state index contributed by atoms with van der Waals surface area (Å²) in [6.07, 6.45) is 1.66. The quantitative estimate of drug-likeness (QED) is 0.834. The predicted molar refractivity (Wildman–Crippen MR) is 91.2 cm³/mol. The highest BCUT2D eigenvalue weighted by Crippen LogP contribution is 2.12.